The second kappa shape index (κ2) is 9.37. The summed E-state index contributed by atoms with van der Waals surface area (Å²) in [4.78, 5) is 10.5. The molecule has 2 nitrogen and oxygen atoms in total. The van der Waals surface area contributed by atoms with Crippen LogP contribution in [-0.4, -0.2) is 17.0 Å². The summed E-state index contributed by atoms with van der Waals surface area (Å²) in [5.74, 6) is -5.42. The molecule has 0 spiro atoms. The van der Waals surface area contributed by atoms with Crippen LogP contribution in [0.3, 0.4) is 0 Å². The Morgan fingerprint density at radius 2 is 1.38 bits per heavy atom. The van der Waals surface area contributed by atoms with Gasteiger partial charge in [-0.1, -0.05) is 71.1 Å². The second-order valence-corrected chi connectivity index (χ2v) is 6.46. The lowest BCUT2D eigenvalue weighted by atomic mass is 10.0. The summed E-state index contributed by atoms with van der Waals surface area (Å²) in [5, 5.41) is 8.59. The molecular formula is C17H30F2O2. The van der Waals surface area contributed by atoms with Crippen LogP contribution in [-0.2, 0) is 4.79 Å². The highest BCUT2D eigenvalue weighted by Crippen LogP contribution is 2.59. The van der Waals surface area contributed by atoms with Gasteiger partial charge in [-0.3, -0.25) is 4.79 Å². The number of alkyl halides is 2. The van der Waals surface area contributed by atoms with Gasteiger partial charge in [-0.2, -0.15) is 0 Å². The third kappa shape index (κ3) is 6.75. The number of rotatable bonds is 13. The van der Waals surface area contributed by atoms with Crippen molar-refractivity contribution >= 4 is 5.97 Å². The number of unbranched alkanes of at least 4 members (excludes halogenated alkanes) is 9. The molecule has 0 saturated heterocycles. The van der Waals surface area contributed by atoms with Crippen LogP contribution in [0.2, 0.25) is 0 Å². The standard InChI is InChI=1S/C17H30F2O2/c1-2-3-4-5-6-7-8-9-10-11-12-14-15(13-16(20)21)17(14,18)19/h14-15H,2-13H2,1H3,(H,20,21). The molecule has 4 heteroatoms. The van der Waals surface area contributed by atoms with Gasteiger partial charge >= 0.3 is 5.97 Å². The summed E-state index contributed by atoms with van der Waals surface area (Å²) in [5.41, 5.74) is 0. The molecule has 0 radical (unpaired) electrons. The first-order valence-electron chi connectivity index (χ1n) is 8.59. The summed E-state index contributed by atoms with van der Waals surface area (Å²) in [6.07, 6.45) is 12.0. The topological polar surface area (TPSA) is 37.3 Å². The molecule has 1 fully saturated rings. The lowest BCUT2D eigenvalue weighted by Gasteiger charge is -2.02. The number of hydrogen-bond acceptors (Lipinski definition) is 1. The van der Waals surface area contributed by atoms with Gasteiger partial charge in [0.05, 0.1) is 6.42 Å². The highest BCUT2D eigenvalue weighted by molar-refractivity contribution is 5.68. The first-order chi connectivity index (χ1) is 10.00. The van der Waals surface area contributed by atoms with Gasteiger partial charge in [0.1, 0.15) is 0 Å². The van der Waals surface area contributed by atoms with Gasteiger partial charge in [-0.25, -0.2) is 8.78 Å². The van der Waals surface area contributed by atoms with Gasteiger partial charge in [0.2, 0.25) is 0 Å². The van der Waals surface area contributed by atoms with Crippen LogP contribution < -0.4 is 0 Å². The fraction of sp³-hybridized carbons (Fsp3) is 0.941. The number of halogens is 2. The van der Waals surface area contributed by atoms with Crippen molar-refractivity contribution in [3.8, 4) is 0 Å². The zero-order valence-corrected chi connectivity index (χ0v) is 13.3. The third-order valence-electron chi connectivity index (χ3n) is 4.63. The number of aliphatic carboxylic acids is 1. The molecule has 124 valence electrons. The lowest BCUT2D eigenvalue weighted by Crippen LogP contribution is -2.01. The molecule has 21 heavy (non-hydrogen) atoms. The minimum Gasteiger partial charge on any atom is -0.481 e. The largest absolute Gasteiger partial charge is 0.481 e. The maximum atomic E-state index is 13.3. The fourth-order valence-corrected chi connectivity index (χ4v) is 3.17. The Hall–Kier alpha value is -0.670. The van der Waals surface area contributed by atoms with Gasteiger partial charge < -0.3 is 5.11 Å². The number of carbonyl (C=O) groups is 1. The smallest absolute Gasteiger partial charge is 0.303 e. The van der Waals surface area contributed by atoms with Crippen molar-refractivity contribution in [1.29, 1.82) is 0 Å². The molecule has 1 aliphatic carbocycles. The predicted molar refractivity (Wildman–Crippen MR) is 80.6 cm³/mol. The Kier molecular flexibility index (Phi) is 8.20. The molecule has 1 aliphatic rings. The molecule has 0 aromatic rings. The van der Waals surface area contributed by atoms with Crippen molar-refractivity contribution in [1.82, 2.24) is 0 Å². The first kappa shape index (κ1) is 18.4. The van der Waals surface area contributed by atoms with Crippen LogP contribution in [0, 0.1) is 11.8 Å². The van der Waals surface area contributed by atoms with E-state index in [0.717, 1.165) is 19.3 Å². The Morgan fingerprint density at radius 3 is 1.86 bits per heavy atom. The van der Waals surface area contributed by atoms with Crippen molar-refractivity contribution in [2.75, 3.05) is 0 Å². The molecular weight excluding hydrogens is 274 g/mol. The van der Waals surface area contributed by atoms with E-state index in [0.29, 0.717) is 6.42 Å². The molecule has 0 aromatic carbocycles. The molecule has 0 bridgehead atoms. The molecule has 1 N–H and O–H groups in total. The highest BCUT2D eigenvalue weighted by Gasteiger charge is 2.67. The van der Waals surface area contributed by atoms with Gasteiger partial charge in [-0.15, -0.1) is 0 Å². The molecule has 2 atom stereocenters. The van der Waals surface area contributed by atoms with Crippen LogP contribution in [0.4, 0.5) is 8.78 Å². The van der Waals surface area contributed by atoms with Crippen LogP contribution in [0.15, 0.2) is 0 Å². The highest BCUT2D eigenvalue weighted by atomic mass is 19.3. The molecule has 1 saturated carbocycles. The van der Waals surface area contributed by atoms with Crippen molar-refractivity contribution in [3.05, 3.63) is 0 Å². The number of hydrogen-bond donors (Lipinski definition) is 1. The van der Waals surface area contributed by atoms with Crippen LogP contribution in [0.25, 0.3) is 0 Å². The van der Waals surface area contributed by atoms with E-state index in [9.17, 15) is 13.6 Å². The number of carboxylic acids is 1. The summed E-state index contributed by atoms with van der Waals surface area (Å²) < 4.78 is 26.7. The Balaban J connectivity index is 1.92. The lowest BCUT2D eigenvalue weighted by molar-refractivity contribution is -0.138. The normalized spacial score (nSPS) is 23.2. The molecule has 0 heterocycles. The van der Waals surface area contributed by atoms with Crippen LogP contribution in [0.1, 0.15) is 84.0 Å². The van der Waals surface area contributed by atoms with E-state index in [1.54, 1.807) is 0 Å². The Bertz CT molecular complexity index is 305. The minimum atomic E-state index is -2.72. The zero-order valence-electron chi connectivity index (χ0n) is 13.3. The van der Waals surface area contributed by atoms with Crippen molar-refractivity contribution in [2.45, 2.75) is 89.9 Å². The van der Waals surface area contributed by atoms with Gasteiger partial charge in [0.15, 0.2) is 0 Å². The van der Waals surface area contributed by atoms with E-state index in [4.69, 9.17) is 5.11 Å². The maximum absolute atomic E-state index is 13.3. The predicted octanol–water partition coefficient (Wildman–Crippen LogP) is 5.65. The van der Waals surface area contributed by atoms with Gasteiger partial charge in [-0.05, 0) is 6.42 Å². The second-order valence-electron chi connectivity index (χ2n) is 6.46. The van der Waals surface area contributed by atoms with E-state index in [1.165, 1.54) is 44.9 Å². The summed E-state index contributed by atoms with van der Waals surface area (Å²) in [7, 11) is 0. The minimum absolute atomic E-state index is 0.380. The maximum Gasteiger partial charge on any atom is 0.303 e. The molecule has 1 rings (SSSR count). The monoisotopic (exact) mass is 304 g/mol. The van der Waals surface area contributed by atoms with Gasteiger partial charge in [0, 0.05) is 11.8 Å². The van der Waals surface area contributed by atoms with Crippen molar-refractivity contribution in [3.63, 3.8) is 0 Å². The fourth-order valence-electron chi connectivity index (χ4n) is 3.17. The molecule has 2 unspecified atom stereocenters. The van der Waals surface area contributed by atoms with Crippen molar-refractivity contribution < 1.29 is 18.7 Å². The quantitative estimate of drug-likeness (QED) is 0.446. The van der Waals surface area contributed by atoms with Crippen molar-refractivity contribution in [2.24, 2.45) is 11.8 Å². The Morgan fingerprint density at radius 1 is 0.905 bits per heavy atom. The molecule has 0 aromatic heterocycles. The van der Waals surface area contributed by atoms with E-state index >= 15 is 0 Å². The molecule has 0 aliphatic heterocycles. The molecule has 0 amide bonds. The van der Waals surface area contributed by atoms with Crippen LogP contribution >= 0.6 is 0 Å². The van der Waals surface area contributed by atoms with E-state index in [-0.39, 0.29) is 6.42 Å². The zero-order chi connectivity index (χ0) is 15.7. The average Bonchev–Trinajstić information content (AvgIpc) is 2.92. The first-order valence-corrected chi connectivity index (χ1v) is 8.59. The van der Waals surface area contributed by atoms with E-state index in [1.807, 2.05) is 0 Å². The van der Waals surface area contributed by atoms with Gasteiger partial charge in [0.25, 0.3) is 5.92 Å². The van der Waals surface area contributed by atoms with E-state index < -0.39 is 23.7 Å². The van der Waals surface area contributed by atoms with E-state index in [2.05, 4.69) is 6.92 Å². The third-order valence-corrected chi connectivity index (χ3v) is 4.63. The summed E-state index contributed by atoms with van der Waals surface area (Å²) >= 11 is 0. The van der Waals surface area contributed by atoms with Crippen LogP contribution in [0.5, 0.6) is 0 Å². The summed E-state index contributed by atoms with van der Waals surface area (Å²) in [6, 6.07) is 0. The average molecular weight is 304 g/mol. The summed E-state index contributed by atoms with van der Waals surface area (Å²) in [6.45, 7) is 2.21. The Labute approximate surface area is 127 Å². The number of carboxylic acid groups (broad SMARTS) is 1. The SMILES string of the molecule is CCCCCCCCCCCCC1C(CC(=O)O)C1(F)F.